The summed E-state index contributed by atoms with van der Waals surface area (Å²) in [6, 6.07) is 9.47. The molecule has 2 nitrogen and oxygen atoms in total. The Morgan fingerprint density at radius 1 is 1.11 bits per heavy atom. The molecule has 18 heavy (non-hydrogen) atoms. The fourth-order valence-corrected chi connectivity index (χ4v) is 2.62. The largest absolute Gasteiger partial charge is 0.311 e. The molecule has 1 N–H and O–H groups in total. The van der Waals surface area contributed by atoms with E-state index >= 15 is 0 Å². The molecule has 0 amide bonds. The topological polar surface area (TPSA) is 15.3 Å². The van der Waals surface area contributed by atoms with E-state index in [1.165, 1.54) is 43.5 Å². The van der Waals surface area contributed by atoms with Gasteiger partial charge >= 0.3 is 0 Å². The van der Waals surface area contributed by atoms with Crippen LogP contribution in [0.2, 0.25) is 0 Å². The summed E-state index contributed by atoms with van der Waals surface area (Å²) in [6.07, 6.45) is 4.17. The van der Waals surface area contributed by atoms with E-state index in [1.54, 1.807) is 0 Å². The van der Waals surface area contributed by atoms with Crippen LogP contribution in [0, 0.1) is 6.92 Å². The van der Waals surface area contributed by atoms with Gasteiger partial charge in [-0.25, -0.2) is 0 Å². The van der Waals surface area contributed by atoms with Crippen molar-refractivity contribution < 1.29 is 0 Å². The third-order valence-electron chi connectivity index (χ3n) is 3.90. The summed E-state index contributed by atoms with van der Waals surface area (Å²) in [5, 5.41) is 3.58. The third-order valence-corrected chi connectivity index (χ3v) is 3.90. The van der Waals surface area contributed by atoms with Crippen molar-refractivity contribution in [3.63, 3.8) is 0 Å². The van der Waals surface area contributed by atoms with Gasteiger partial charge in [-0.05, 0) is 45.3 Å². The van der Waals surface area contributed by atoms with Crippen LogP contribution < -0.4 is 5.32 Å². The highest BCUT2D eigenvalue weighted by atomic mass is 15.2. The number of piperidine rings is 1. The first-order chi connectivity index (χ1) is 8.75. The van der Waals surface area contributed by atoms with Gasteiger partial charge in [-0.3, -0.25) is 4.90 Å². The van der Waals surface area contributed by atoms with Crippen LogP contribution in [0.1, 0.15) is 37.3 Å². The number of nitrogens with zero attached hydrogens (tertiary/aromatic N) is 1. The Labute approximate surface area is 111 Å². The number of rotatable bonds is 5. The second-order valence-corrected chi connectivity index (χ2v) is 5.56. The van der Waals surface area contributed by atoms with Crippen molar-refractivity contribution in [1.29, 1.82) is 0 Å². The van der Waals surface area contributed by atoms with Crippen molar-refractivity contribution >= 4 is 0 Å². The van der Waals surface area contributed by atoms with Crippen LogP contribution in [0.3, 0.4) is 0 Å². The van der Waals surface area contributed by atoms with Crippen LogP contribution in [0.5, 0.6) is 0 Å². The highest BCUT2D eigenvalue weighted by Gasteiger charge is 2.15. The lowest BCUT2D eigenvalue weighted by molar-refractivity contribution is 0.170. The number of hydrogen-bond acceptors (Lipinski definition) is 2. The summed E-state index contributed by atoms with van der Waals surface area (Å²) in [7, 11) is 0. The predicted molar refractivity (Wildman–Crippen MR) is 77.8 cm³/mol. The fourth-order valence-electron chi connectivity index (χ4n) is 2.62. The first-order valence-electron chi connectivity index (χ1n) is 7.26. The Morgan fingerprint density at radius 3 is 2.44 bits per heavy atom. The summed E-state index contributed by atoms with van der Waals surface area (Å²) < 4.78 is 0. The van der Waals surface area contributed by atoms with Crippen molar-refractivity contribution in [3.8, 4) is 0 Å². The highest BCUT2D eigenvalue weighted by molar-refractivity contribution is 5.21. The van der Waals surface area contributed by atoms with Crippen LogP contribution >= 0.6 is 0 Å². The van der Waals surface area contributed by atoms with E-state index in [9.17, 15) is 0 Å². The Morgan fingerprint density at radius 2 is 1.78 bits per heavy atom. The van der Waals surface area contributed by atoms with Crippen molar-refractivity contribution in [2.24, 2.45) is 0 Å². The molecule has 1 aromatic rings. The Kier molecular flexibility index (Phi) is 5.21. The summed E-state index contributed by atoms with van der Waals surface area (Å²) in [4.78, 5) is 2.62. The molecule has 0 bridgehead atoms. The van der Waals surface area contributed by atoms with Crippen LogP contribution in [-0.2, 0) is 6.54 Å². The van der Waals surface area contributed by atoms with Gasteiger partial charge < -0.3 is 5.32 Å². The van der Waals surface area contributed by atoms with Crippen LogP contribution in [0.15, 0.2) is 24.3 Å². The predicted octanol–water partition coefficient (Wildman–Crippen LogP) is 2.96. The Balaban J connectivity index is 1.69. The minimum absolute atomic E-state index is 0.663. The van der Waals surface area contributed by atoms with Gasteiger partial charge in [0.15, 0.2) is 0 Å². The third kappa shape index (κ3) is 4.11. The standard InChI is InChI=1S/C16H26N2/c1-14-6-8-16(9-7-14)13-17-12-15(2)18-10-4-3-5-11-18/h6-9,15,17H,3-5,10-13H2,1-2H3. The molecule has 1 saturated heterocycles. The van der Waals surface area contributed by atoms with Crippen LogP contribution in [0.4, 0.5) is 0 Å². The molecule has 1 aliphatic rings. The number of benzene rings is 1. The maximum Gasteiger partial charge on any atom is 0.0206 e. The number of nitrogens with one attached hydrogen (secondary N) is 1. The molecular weight excluding hydrogens is 220 g/mol. The molecular formula is C16H26N2. The maximum atomic E-state index is 3.58. The van der Waals surface area contributed by atoms with Gasteiger partial charge in [-0.1, -0.05) is 36.2 Å². The van der Waals surface area contributed by atoms with Crippen molar-refractivity contribution in [2.45, 2.75) is 45.7 Å². The fraction of sp³-hybridized carbons (Fsp3) is 0.625. The van der Waals surface area contributed by atoms with Crippen LogP contribution in [0.25, 0.3) is 0 Å². The quantitative estimate of drug-likeness (QED) is 0.859. The minimum atomic E-state index is 0.663. The van der Waals surface area contributed by atoms with E-state index in [0.717, 1.165) is 13.1 Å². The van der Waals surface area contributed by atoms with E-state index in [-0.39, 0.29) is 0 Å². The van der Waals surface area contributed by atoms with Crippen molar-refractivity contribution in [2.75, 3.05) is 19.6 Å². The average molecular weight is 246 g/mol. The molecule has 0 saturated carbocycles. The van der Waals surface area contributed by atoms with Gasteiger partial charge in [0.2, 0.25) is 0 Å². The van der Waals surface area contributed by atoms with Gasteiger partial charge in [0.05, 0.1) is 0 Å². The van der Waals surface area contributed by atoms with Gasteiger partial charge in [0, 0.05) is 19.1 Å². The molecule has 1 unspecified atom stereocenters. The zero-order valence-corrected chi connectivity index (χ0v) is 11.8. The van der Waals surface area contributed by atoms with E-state index in [1.807, 2.05) is 0 Å². The Bertz CT molecular complexity index is 339. The van der Waals surface area contributed by atoms with E-state index < -0.39 is 0 Å². The molecule has 0 spiro atoms. The molecule has 2 heteroatoms. The lowest BCUT2D eigenvalue weighted by atomic mass is 10.1. The zero-order valence-electron chi connectivity index (χ0n) is 11.8. The zero-order chi connectivity index (χ0) is 12.8. The second kappa shape index (κ2) is 6.91. The van der Waals surface area contributed by atoms with Gasteiger partial charge in [-0.2, -0.15) is 0 Å². The lowest BCUT2D eigenvalue weighted by Crippen LogP contribution is -2.42. The van der Waals surface area contributed by atoms with Gasteiger partial charge in [0.25, 0.3) is 0 Å². The lowest BCUT2D eigenvalue weighted by Gasteiger charge is -2.32. The normalized spacial score (nSPS) is 18.8. The summed E-state index contributed by atoms with van der Waals surface area (Å²) in [6.45, 7) is 9.12. The molecule has 2 rings (SSSR count). The van der Waals surface area contributed by atoms with E-state index in [0.29, 0.717) is 6.04 Å². The average Bonchev–Trinajstić information content (AvgIpc) is 2.42. The Hall–Kier alpha value is -0.860. The monoisotopic (exact) mass is 246 g/mol. The van der Waals surface area contributed by atoms with Crippen LogP contribution in [-0.4, -0.2) is 30.6 Å². The van der Waals surface area contributed by atoms with Crippen molar-refractivity contribution in [3.05, 3.63) is 35.4 Å². The molecule has 0 aliphatic carbocycles. The first kappa shape index (κ1) is 13.6. The van der Waals surface area contributed by atoms with Gasteiger partial charge in [-0.15, -0.1) is 0 Å². The first-order valence-corrected chi connectivity index (χ1v) is 7.26. The van der Waals surface area contributed by atoms with Gasteiger partial charge in [0.1, 0.15) is 0 Å². The van der Waals surface area contributed by atoms with Crippen molar-refractivity contribution in [1.82, 2.24) is 10.2 Å². The highest BCUT2D eigenvalue weighted by Crippen LogP contribution is 2.11. The van der Waals surface area contributed by atoms with E-state index in [2.05, 4.69) is 48.3 Å². The molecule has 1 heterocycles. The summed E-state index contributed by atoms with van der Waals surface area (Å²) >= 11 is 0. The molecule has 1 atom stereocenters. The summed E-state index contributed by atoms with van der Waals surface area (Å²) in [5.74, 6) is 0. The second-order valence-electron chi connectivity index (χ2n) is 5.56. The summed E-state index contributed by atoms with van der Waals surface area (Å²) in [5.41, 5.74) is 2.71. The minimum Gasteiger partial charge on any atom is -0.311 e. The molecule has 0 aromatic heterocycles. The maximum absolute atomic E-state index is 3.58. The molecule has 0 radical (unpaired) electrons. The molecule has 1 fully saturated rings. The number of likely N-dealkylation sites (tertiary alicyclic amines) is 1. The molecule has 1 aromatic carbocycles. The number of hydrogen-bond donors (Lipinski definition) is 1. The smallest absolute Gasteiger partial charge is 0.0206 e. The van der Waals surface area contributed by atoms with E-state index in [4.69, 9.17) is 0 Å². The SMILES string of the molecule is Cc1ccc(CNCC(C)N2CCCCC2)cc1. The molecule has 100 valence electrons. The molecule has 1 aliphatic heterocycles. The number of aryl methyl sites for hydroxylation is 1.